The molecule has 0 aliphatic rings. The number of carbonyl (C=O) groups excluding carboxylic acids is 1. The normalized spacial score (nSPS) is 14.8. The molecule has 10 nitrogen and oxygen atoms in total. The van der Waals surface area contributed by atoms with Gasteiger partial charge in [-0.15, -0.1) is 0 Å². The van der Waals surface area contributed by atoms with Crippen LogP contribution in [-0.4, -0.2) is 46.8 Å². The van der Waals surface area contributed by atoms with Crippen molar-refractivity contribution < 1.29 is 23.7 Å². The largest absolute Gasteiger partial charge is 0.467 e. The van der Waals surface area contributed by atoms with Gasteiger partial charge in [0, 0.05) is 18.8 Å². The highest BCUT2D eigenvalue weighted by Gasteiger charge is 2.16. The highest BCUT2D eigenvalue weighted by molar-refractivity contribution is 7.43. The predicted octanol–water partition coefficient (Wildman–Crippen LogP) is -0.151. The van der Waals surface area contributed by atoms with E-state index in [4.69, 9.17) is 9.26 Å². The van der Waals surface area contributed by atoms with E-state index in [1.54, 1.807) is 6.92 Å². The summed E-state index contributed by atoms with van der Waals surface area (Å²) in [7, 11) is -1.87. The maximum absolute atomic E-state index is 11.7. The minimum absolute atomic E-state index is 0.114. The summed E-state index contributed by atoms with van der Waals surface area (Å²) in [5.74, 6) is 0. The third kappa shape index (κ3) is 7.33. The van der Waals surface area contributed by atoms with Crippen LogP contribution in [0.25, 0.3) is 0 Å². The lowest BCUT2D eigenvalue weighted by Crippen LogP contribution is -2.33. The molecular formula is C13H22N3O7P. The zero-order chi connectivity index (χ0) is 17.9. The second-order valence-corrected chi connectivity index (χ2v) is 5.85. The first-order valence-electron chi connectivity index (χ1n) is 7.35. The predicted molar refractivity (Wildman–Crippen MR) is 86.3 cm³/mol. The van der Waals surface area contributed by atoms with E-state index in [2.05, 4.69) is 14.8 Å². The van der Waals surface area contributed by atoms with Crippen LogP contribution in [0.5, 0.6) is 0 Å². The molecule has 1 rings (SSSR count). The summed E-state index contributed by atoms with van der Waals surface area (Å²) in [4.78, 5) is 44.5. The number of hydrogen-bond acceptors (Lipinski definition) is 8. The van der Waals surface area contributed by atoms with Gasteiger partial charge in [0.05, 0.1) is 12.7 Å². The van der Waals surface area contributed by atoms with Crippen molar-refractivity contribution in [3.63, 3.8) is 0 Å². The summed E-state index contributed by atoms with van der Waals surface area (Å²) in [5.41, 5.74) is -1.04. The van der Waals surface area contributed by atoms with E-state index in [9.17, 15) is 19.3 Å². The zero-order valence-electron chi connectivity index (χ0n) is 13.5. The Labute approximate surface area is 139 Å². The Morgan fingerprint density at radius 3 is 2.88 bits per heavy atom. The third-order valence-electron chi connectivity index (χ3n) is 3.01. The maximum Gasteiger partial charge on any atom is 0.330 e. The van der Waals surface area contributed by atoms with Crippen LogP contribution in [0.3, 0.4) is 0 Å². The molecule has 1 aromatic heterocycles. The number of aromatic nitrogens is 2. The SMILES string of the molecule is CCC(COP(O)NCCOC=O)OC(C)n1ccc(=O)[nH]c1=O. The summed E-state index contributed by atoms with van der Waals surface area (Å²) >= 11 is 0. The molecule has 3 N–H and O–H groups in total. The second kappa shape index (κ2) is 11.1. The first kappa shape index (κ1) is 20.5. The van der Waals surface area contributed by atoms with Gasteiger partial charge in [0.15, 0.2) is 0 Å². The van der Waals surface area contributed by atoms with E-state index in [1.165, 1.54) is 16.8 Å². The Morgan fingerprint density at radius 2 is 2.25 bits per heavy atom. The molecule has 1 aromatic rings. The monoisotopic (exact) mass is 363 g/mol. The summed E-state index contributed by atoms with van der Waals surface area (Å²) in [6.45, 7) is 4.38. The van der Waals surface area contributed by atoms with Crippen LogP contribution in [0, 0.1) is 0 Å². The average Bonchev–Trinajstić information content (AvgIpc) is 2.55. The van der Waals surface area contributed by atoms with Gasteiger partial charge in [0.25, 0.3) is 20.6 Å². The molecule has 1 heterocycles. The average molecular weight is 363 g/mol. The van der Waals surface area contributed by atoms with E-state index >= 15 is 0 Å². The number of rotatable bonds is 12. The lowest BCUT2D eigenvalue weighted by Gasteiger charge is -2.23. The zero-order valence-corrected chi connectivity index (χ0v) is 14.4. The molecule has 3 atom stereocenters. The Bertz CT molecular complexity index is 606. The summed E-state index contributed by atoms with van der Waals surface area (Å²) in [6, 6.07) is 1.23. The molecule has 0 bridgehead atoms. The molecule has 0 fully saturated rings. The van der Waals surface area contributed by atoms with Crippen molar-refractivity contribution in [3.8, 4) is 0 Å². The molecule has 0 amide bonds. The molecule has 136 valence electrons. The fourth-order valence-corrected chi connectivity index (χ4v) is 2.44. The Kier molecular flexibility index (Phi) is 9.43. The van der Waals surface area contributed by atoms with Gasteiger partial charge in [-0.25, -0.2) is 9.88 Å². The standard InChI is InChI=1S/C13H22N3O7P/c1-3-11(8-22-24(20)14-5-7-21-9-17)23-10(2)16-6-4-12(18)15-13(16)19/h4,6,9-11,14,20H,3,5,7-8H2,1-2H3,(H,15,18,19). The highest BCUT2D eigenvalue weighted by Crippen LogP contribution is 2.26. The van der Waals surface area contributed by atoms with Crippen molar-refractivity contribution in [2.75, 3.05) is 19.8 Å². The van der Waals surface area contributed by atoms with Crippen LogP contribution in [-0.2, 0) is 18.8 Å². The first-order valence-corrected chi connectivity index (χ1v) is 8.56. The topological polar surface area (TPSA) is 132 Å². The van der Waals surface area contributed by atoms with Gasteiger partial charge in [-0.2, -0.15) is 0 Å². The van der Waals surface area contributed by atoms with Crippen molar-refractivity contribution in [2.24, 2.45) is 0 Å². The van der Waals surface area contributed by atoms with Gasteiger partial charge < -0.3 is 18.9 Å². The lowest BCUT2D eigenvalue weighted by atomic mass is 10.3. The van der Waals surface area contributed by atoms with Crippen LogP contribution in [0.1, 0.15) is 26.5 Å². The number of nitrogens with zero attached hydrogens (tertiary/aromatic N) is 1. The molecular weight excluding hydrogens is 341 g/mol. The Hall–Kier alpha value is -1.58. The van der Waals surface area contributed by atoms with Crippen LogP contribution in [0.15, 0.2) is 21.9 Å². The third-order valence-corrected chi connectivity index (χ3v) is 3.89. The van der Waals surface area contributed by atoms with Gasteiger partial charge in [-0.1, -0.05) is 6.92 Å². The number of H-pyrrole nitrogens is 1. The molecule has 0 radical (unpaired) electrons. The molecule has 0 saturated carbocycles. The minimum Gasteiger partial charge on any atom is -0.467 e. The molecule has 0 aliphatic carbocycles. The van der Waals surface area contributed by atoms with Crippen LogP contribution in [0.4, 0.5) is 0 Å². The van der Waals surface area contributed by atoms with Gasteiger partial charge in [-0.05, 0) is 13.3 Å². The van der Waals surface area contributed by atoms with Crippen LogP contribution >= 0.6 is 8.53 Å². The maximum atomic E-state index is 11.7. The van der Waals surface area contributed by atoms with Crippen molar-refractivity contribution in [3.05, 3.63) is 33.1 Å². The Morgan fingerprint density at radius 1 is 1.50 bits per heavy atom. The quantitative estimate of drug-likeness (QED) is 0.265. The minimum atomic E-state index is -1.87. The smallest absolute Gasteiger partial charge is 0.330 e. The molecule has 11 heteroatoms. The van der Waals surface area contributed by atoms with Crippen molar-refractivity contribution in [1.29, 1.82) is 0 Å². The number of nitrogens with one attached hydrogen (secondary N) is 2. The fraction of sp³-hybridized carbons (Fsp3) is 0.615. The number of ether oxygens (including phenoxy) is 2. The highest BCUT2D eigenvalue weighted by atomic mass is 31.2. The van der Waals surface area contributed by atoms with E-state index in [0.29, 0.717) is 12.9 Å². The molecule has 3 unspecified atom stereocenters. The van der Waals surface area contributed by atoms with Crippen molar-refractivity contribution in [1.82, 2.24) is 14.6 Å². The van der Waals surface area contributed by atoms with E-state index in [1.807, 2.05) is 6.92 Å². The molecule has 0 aliphatic heterocycles. The molecule has 24 heavy (non-hydrogen) atoms. The summed E-state index contributed by atoms with van der Waals surface area (Å²) < 4.78 is 16.7. The summed E-state index contributed by atoms with van der Waals surface area (Å²) in [6.07, 6.45) is 0.984. The van der Waals surface area contributed by atoms with Crippen molar-refractivity contribution in [2.45, 2.75) is 32.6 Å². The lowest BCUT2D eigenvalue weighted by molar-refractivity contribution is -0.128. The van der Waals surface area contributed by atoms with E-state index in [-0.39, 0.29) is 25.9 Å². The van der Waals surface area contributed by atoms with Gasteiger partial charge in [-0.3, -0.25) is 19.1 Å². The number of carbonyl (C=O) groups is 1. The van der Waals surface area contributed by atoms with Crippen molar-refractivity contribution >= 4 is 15.0 Å². The van der Waals surface area contributed by atoms with Crippen LogP contribution < -0.4 is 16.3 Å². The fourth-order valence-electron chi connectivity index (χ4n) is 1.76. The molecule has 0 spiro atoms. The van der Waals surface area contributed by atoms with E-state index < -0.39 is 26.0 Å². The van der Waals surface area contributed by atoms with Gasteiger partial charge in [0.2, 0.25) is 0 Å². The van der Waals surface area contributed by atoms with E-state index in [0.717, 1.165) is 0 Å². The molecule has 0 saturated heterocycles. The summed E-state index contributed by atoms with van der Waals surface area (Å²) in [5, 5.41) is 2.66. The number of hydrogen-bond donors (Lipinski definition) is 3. The van der Waals surface area contributed by atoms with Gasteiger partial charge in [0.1, 0.15) is 12.8 Å². The number of aromatic amines is 1. The Balaban J connectivity index is 2.44. The second-order valence-electron chi connectivity index (χ2n) is 4.73. The van der Waals surface area contributed by atoms with Crippen LogP contribution in [0.2, 0.25) is 0 Å². The van der Waals surface area contributed by atoms with Gasteiger partial charge >= 0.3 is 5.69 Å². The first-order chi connectivity index (χ1) is 11.5. The molecule has 0 aromatic carbocycles.